The molecule has 0 fully saturated rings. The van der Waals surface area contributed by atoms with Gasteiger partial charge < -0.3 is 19.5 Å². The number of aliphatic imine (C=N–C) groups is 1. The lowest BCUT2D eigenvalue weighted by Crippen LogP contribution is -2.38. The molecular weight excluding hydrogens is 318 g/mol. The molecule has 2 rings (SSSR count). The highest BCUT2D eigenvalue weighted by Crippen LogP contribution is 2.12. The number of rotatable bonds is 8. The third kappa shape index (κ3) is 6.10. The first kappa shape index (κ1) is 18.8. The molecule has 0 spiro atoms. The summed E-state index contributed by atoms with van der Waals surface area (Å²) in [6, 6.07) is 8.08. The maximum Gasteiger partial charge on any atom is 0.226 e. The molecule has 7 heteroatoms. The fraction of sp³-hybridized carbons (Fsp3) is 0.500. The quantitative estimate of drug-likeness (QED) is 0.450. The average Bonchev–Trinajstić information content (AvgIpc) is 3.03. The van der Waals surface area contributed by atoms with E-state index in [9.17, 15) is 0 Å². The van der Waals surface area contributed by atoms with Crippen molar-refractivity contribution in [2.75, 3.05) is 27.2 Å². The minimum atomic E-state index is 0.671. The number of benzene rings is 1. The molecule has 1 aromatic carbocycles. The Balaban J connectivity index is 1.87. The van der Waals surface area contributed by atoms with Gasteiger partial charge in [0.2, 0.25) is 5.89 Å². The highest BCUT2D eigenvalue weighted by atomic mass is 16.5. The Hall–Kier alpha value is -2.57. The second-order valence-corrected chi connectivity index (χ2v) is 5.78. The third-order valence-electron chi connectivity index (χ3n) is 3.66. The summed E-state index contributed by atoms with van der Waals surface area (Å²) < 4.78 is 10.3. The van der Waals surface area contributed by atoms with Gasteiger partial charge in [0, 0.05) is 33.1 Å². The van der Waals surface area contributed by atoms with Crippen molar-refractivity contribution in [2.45, 2.75) is 33.2 Å². The number of nitrogens with one attached hydrogen (secondary N) is 1. The van der Waals surface area contributed by atoms with Crippen LogP contribution in [0.5, 0.6) is 5.75 Å². The summed E-state index contributed by atoms with van der Waals surface area (Å²) in [6.45, 7) is 6.20. The van der Waals surface area contributed by atoms with Gasteiger partial charge in [0.05, 0.1) is 7.11 Å². The van der Waals surface area contributed by atoms with Crippen LogP contribution < -0.4 is 10.1 Å². The Labute approximate surface area is 149 Å². The Morgan fingerprint density at radius 1 is 1.32 bits per heavy atom. The van der Waals surface area contributed by atoms with E-state index in [0.717, 1.165) is 37.6 Å². The molecule has 1 aromatic heterocycles. The minimum absolute atomic E-state index is 0.671. The molecule has 0 aliphatic heterocycles. The molecule has 0 unspecified atom stereocenters. The number of hydrogen-bond donors (Lipinski definition) is 1. The molecule has 0 aliphatic rings. The van der Waals surface area contributed by atoms with E-state index in [2.05, 4.69) is 44.4 Å². The summed E-state index contributed by atoms with van der Waals surface area (Å²) in [5.41, 5.74) is 1.20. The zero-order valence-electron chi connectivity index (χ0n) is 15.5. The molecule has 1 heterocycles. The van der Waals surface area contributed by atoms with Crippen LogP contribution in [-0.4, -0.2) is 48.2 Å². The molecule has 2 aromatic rings. The van der Waals surface area contributed by atoms with E-state index in [1.165, 1.54) is 5.56 Å². The van der Waals surface area contributed by atoms with Crippen LogP contribution in [0.1, 0.15) is 30.6 Å². The topological polar surface area (TPSA) is 75.8 Å². The van der Waals surface area contributed by atoms with Gasteiger partial charge in [0.15, 0.2) is 11.8 Å². The number of nitrogens with zero attached hydrogens (tertiary/aromatic N) is 4. The fourth-order valence-corrected chi connectivity index (χ4v) is 2.41. The van der Waals surface area contributed by atoms with Gasteiger partial charge in [0.25, 0.3) is 0 Å². The van der Waals surface area contributed by atoms with Gasteiger partial charge in [-0.3, -0.25) is 4.99 Å². The highest BCUT2D eigenvalue weighted by molar-refractivity contribution is 5.79. The molecule has 0 amide bonds. The zero-order chi connectivity index (χ0) is 18.1. The molecule has 1 N–H and O–H groups in total. The maximum absolute atomic E-state index is 5.20. The second-order valence-electron chi connectivity index (χ2n) is 5.78. The first-order chi connectivity index (χ1) is 12.1. The Bertz CT molecular complexity index is 666. The average molecular weight is 345 g/mol. The molecule has 136 valence electrons. The molecule has 25 heavy (non-hydrogen) atoms. The van der Waals surface area contributed by atoms with Gasteiger partial charge in [-0.2, -0.15) is 4.98 Å². The molecule has 0 saturated carbocycles. The SMILES string of the molecule is CCNC(=NCCCc1nc(C)no1)N(C)Cc1ccc(OC)cc1. The van der Waals surface area contributed by atoms with Crippen molar-refractivity contribution in [3.05, 3.63) is 41.5 Å². The summed E-state index contributed by atoms with van der Waals surface area (Å²) in [5, 5.41) is 7.12. The lowest BCUT2D eigenvalue weighted by molar-refractivity contribution is 0.372. The number of guanidine groups is 1. The van der Waals surface area contributed by atoms with Crippen LogP contribution in [0.15, 0.2) is 33.8 Å². The smallest absolute Gasteiger partial charge is 0.226 e. The highest BCUT2D eigenvalue weighted by Gasteiger charge is 2.07. The van der Waals surface area contributed by atoms with Crippen molar-refractivity contribution < 1.29 is 9.26 Å². The van der Waals surface area contributed by atoms with Gasteiger partial charge in [-0.05, 0) is 38.0 Å². The molecule has 0 radical (unpaired) electrons. The van der Waals surface area contributed by atoms with Crippen LogP contribution >= 0.6 is 0 Å². The minimum Gasteiger partial charge on any atom is -0.497 e. The monoisotopic (exact) mass is 345 g/mol. The summed E-state index contributed by atoms with van der Waals surface area (Å²) in [4.78, 5) is 11.0. The Morgan fingerprint density at radius 3 is 2.68 bits per heavy atom. The van der Waals surface area contributed by atoms with E-state index >= 15 is 0 Å². The van der Waals surface area contributed by atoms with Gasteiger partial charge in [-0.15, -0.1) is 0 Å². The van der Waals surface area contributed by atoms with Gasteiger partial charge in [-0.1, -0.05) is 17.3 Å². The van der Waals surface area contributed by atoms with E-state index < -0.39 is 0 Å². The van der Waals surface area contributed by atoms with Gasteiger partial charge >= 0.3 is 0 Å². The molecule has 0 aliphatic carbocycles. The van der Waals surface area contributed by atoms with Crippen LogP contribution in [0.4, 0.5) is 0 Å². The van der Waals surface area contributed by atoms with Gasteiger partial charge in [-0.25, -0.2) is 0 Å². The molecule has 0 saturated heterocycles. The predicted octanol–water partition coefficient (Wildman–Crippen LogP) is 2.42. The van der Waals surface area contributed by atoms with Crippen LogP contribution in [-0.2, 0) is 13.0 Å². The predicted molar refractivity (Wildman–Crippen MR) is 97.8 cm³/mol. The number of ether oxygens (including phenoxy) is 1. The van der Waals surface area contributed by atoms with Crippen molar-refractivity contribution >= 4 is 5.96 Å². The molecule has 0 atom stereocenters. The molecule has 7 nitrogen and oxygen atoms in total. The number of methoxy groups -OCH3 is 1. The largest absolute Gasteiger partial charge is 0.497 e. The summed E-state index contributed by atoms with van der Waals surface area (Å²) in [5.74, 6) is 3.10. The van der Waals surface area contributed by atoms with Crippen LogP contribution in [0.3, 0.4) is 0 Å². The zero-order valence-corrected chi connectivity index (χ0v) is 15.5. The first-order valence-electron chi connectivity index (χ1n) is 8.54. The van der Waals surface area contributed by atoms with Crippen molar-refractivity contribution in [1.29, 1.82) is 0 Å². The summed E-state index contributed by atoms with van der Waals surface area (Å²) >= 11 is 0. The van der Waals surface area contributed by atoms with Crippen LogP contribution in [0, 0.1) is 6.92 Å². The standard InChI is InChI=1S/C18H27N5O2/c1-5-19-18(20-12-6-7-17-21-14(2)22-25-17)23(3)13-15-8-10-16(24-4)11-9-15/h8-11H,5-7,12-13H2,1-4H3,(H,19,20). The van der Waals surface area contributed by atoms with Crippen molar-refractivity contribution in [3.8, 4) is 5.75 Å². The fourth-order valence-electron chi connectivity index (χ4n) is 2.41. The number of aryl methyl sites for hydroxylation is 2. The van der Waals surface area contributed by atoms with E-state index in [0.29, 0.717) is 18.3 Å². The van der Waals surface area contributed by atoms with Gasteiger partial charge in [0.1, 0.15) is 5.75 Å². The Morgan fingerprint density at radius 2 is 2.08 bits per heavy atom. The summed E-state index contributed by atoms with van der Waals surface area (Å²) in [6.07, 6.45) is 1.61. The Kier molecular flexibility index (Phi) is 7.25. The van der Waals surface area contributed by atoms with E-state index in [-0.39, 0.29) is 0 Å². The molecular formula is C18H27N5O2. The lowest BCUT2D eigenvalue weighted by Gasteiger charge is -2.22. The van der Waals surface area contributed by atoms with Crippen LogP contribution in [0.25, 0.3) is 0 Å². The third-order valence-corrected chi connectivity index (χ3v) is 3.66. The lowest BCUT2D eigenvalue weighted by atomic mass is 10.2. The summed E-state index contributed by atoms with van der Waals surface area (Å²) in [7, 11) is 3.71. The first-order valence-corrected chi connectivity index (χ1v) is 8.54. The number of hydrogen-bond acceptors (Lipinski definition) is 5. The second kappa shape index (κ2) is 9.66. The van der Waals surface area contributed by atoms with E-state index in [1.807, 2.05) is 26.1 Å². The number of aromatic nitrogens is 2. The van der Waals surface area contributed by atoms with E-state index in [1.54, 1.807) is 7.11 Å². The normalized spacial score (nSPS) is 11.4. The van der Waals surface area contributed by atoms with Crippen LogP contribution in [0.2, 0.25) is 0 Å². The van der Waals surface area contributed by atoms with E-state index in [4.69, 9.17) is 9.26 Å². The van der Waals surface area contributed by atoms with Crippen molar-refractivity contribution in [3.63, 3.8) is 0 Å². The maximum atomic E-state index is 5.20. The molecule has 0 bridgehead atoms. The van der Waals surface area contributed by atoms with Crippen molar-refractivity contribution in [2.24, 2.45) is 4.99 Å². The van der Waals surface area contributed by atoms with Crippen molar-refractivity contribution in [1.82, 2.24) is 20.4 Å².